The average molecular weight is 326 g/mol. The molecule has 0 aromatic carbocycles. The molecule has 3 rings (SSSR count). The van der Waals surface area contributed by atoms with Crippen LogP contribution in [0.25, 0.3) is 0 Å². The van der Waals surface area contributed by atoms with Crippen LogP contribution < -0.4 is 0 Å². The Morgan fingerprint density at radius 1 is 1.23 bits per heavy atom. The molecule has 2 aliphatic heterocycles. The zero-order valence-corrected chi connectivity index (χ0v) is 15.0. The van der Waals surface area contributed by atoms with Gasteiger partial charge in [-0.05, 0) is 44.6 Å². The molecule has 126 valence electrons. The normalized spacial score (nSPS) is 36.7. The van der Waals surface area contributed by atoms with E-state index >= 15 is 0 Å². The van der Waals surface area contributed by atoms with Crippen molar-refractivity contribution in [1.82, 2.24) is 4.90 Å². The van der Waals surface area contributed by atoms with E-state index in [9.17, 15) is 0 Å². The maximum absolute atomic E-state index is 6.05. The first kappa shape index (κ1) is 16.8. The molecule has 2 heterocycles. The minimum absolute atomic E-state index is 0.515. The molecule has 2 fully saturated rings. The Bertz CT molecular complexity index is 387. The third kappa shape index (κ3) is 4.27. The highest BCUT2D eigenvalue weighted by molar-refractivity contribution is 7.80. The van der Waals surface area contributed by atoms with Crippen molar-refractivity contribution in [3.63, 3.8) is 0 Å². The lowest BCUT2D eigenvalue weighted by molar-refractivity contribution is -0.525. The van der Waals surface area contributed by atoms with E-state index < -0.39 is 0 Å². The van der Waals surface area contributed by atoms with Crippen molar-refractivity contribution in [1.29, 1.82) is 0 Å². The Morgan fingerprint density at radius 2 is 2.09 bits per heavy atom. The van der Waals surface area contributed by atoms with Crippen molar-refractivity contribution in [3.8, 4) is 0 Å². The molecule has 22 heavy (non-hydrogen) atoms. The van der Waals surface area contributed by atoms with Gasteiger partial charge in [-0.3, -0.25) is 4.90 Å². The summed E-state index contributed by atoms with van der Waals surface area (Å²) < 4.78 is 8.51. The number of rotatable bonds is 5. The number of likely N-dealkylation sites (N-methyl/N-ethyl adjacent to an activating group) is 1. The van der Waals surface area contributed by atoms with Gasteiger partial charge in [0, 0.05) is 31.2 Å². The Balaban J connectivity index is 1.40. The number of ether oxygens (including phenoxy) is 1. The SMILES string of the molecule is CN1CCOC2CC(CCC3CC=[N+](CCS)CC3)CCC21. The molecular weight excluding hydrogens is 292 g/mol. The first-order chi connectivity index (χ1) is 10.8. The summed E-state index contributed by atoms with van der Waals surface area (Å²) in [6.45, 7) is 4.41. The zero-order chi connectivity index (χ0) is 15.4. The first-order valence-electron chi connectivity index (χ1n) is 9.26. The number of morpholine rings is 1. The third-order valence-corrected chi connectivity index (χ3v) is 6.30. The third-order valence-electron chi connectivity index (χ3n) is 6.10. The highest BCUT2D eigenvalue weighted by Gasteiger charge is 2.36. The molecular formula is C18H33N2OS+. The molecule has 0 amide bonds. The van der Waals surface area contributed by atoms with Gasteiger partial charge in [-0.25, -0.2) is 4.58 Å². The fraction of sp³-hybridized carbons (Fsp3) is 0.944. The van der Waals surface area contributed by atoms with E-state index in [0.717, 1.165) is 37.3 Å². The summed E-state index contributed by atoms with van der Waals surface area (Å²) in [5.74, 6) is 2.80. The molecule has 1 saturated carbocycles. The van der Waals surface area contributed by atoms with Gasteiger partial charge >= 0.3 is 0 Å². The maximum atomic E-state index is 6.05. The van der Waals surface area contributed by atoms with Crippen molar-refractivity contribution in [3.05, 3.63) is 0 Å². The second-order valence-electron chi connectivity index (χ2n) is 7.55. The average Bonchev–Trinajstić information content (AvgIpc) is 2.55. The van der Waals surface area contributed by atoms with Gasteiger partial charge in [0.15, 0.2) is 6.54 Å². The molecule has 0 aromatic rings. The van der Waals surface area contributed by atoms with E-state index in [1.54, 1.807) is 0 Å². The number of hydrogen-bond donors (Lipinski definition) is 1. The standard InChI is InChI=1S/C18H32N2OS/c1-19-10-12-21-18-14-16(4-5-17(18)19)3-2-15-6-8-20(9-7-15)11-13-22/h8,15-18H,2-7,9-14H2,1H3/p+1. The largest absolute Gasteiger partial charge is 0.375 e. The number of hydrogen-bond acceptors (Lipinski definition) is 3. The van der Waals surface area contributed by atoms with Crippen LogP contribution in [0.3, 0.4) is 0 Å². The Hall–Kier alpha value is -0.0600. The van der Waals surface area contributed by atoms with Crippen LogP contribution in [0.2, 0.25) is 0 Å². The minimum atomic E-state index is 0.515. The highest BCUT2D eigenvalue weighted by Crippen LogP contribution is 2.35. The van der Waals surface area contributed by atoms with Crippen LogP contribution in [0.1, 0.15) is 44.9 Å². The van der Waals surface area contributed by atoms with Crippen LogP contribution >= 0.6 is 12.6 Å². The van der Waals surface area contributed by atoms with E-state index in [2.05, 4.69) is 35.4 Å². The van der Waals surface area contributed by atoms with Gasteiger partial charge in [-0.2, -0.15) is 12.6 Å². The molecule has 4 unspecified atom stereocenters. The van der Waals surface area contributed by atoms with Gasteiger partial charge in [0.2, 0.25) is 0 Å². The van der Waals surface area contributed by atoms with Gasteiger partial charge in [0.25, 0.3) is 0 Å². The summed E-state index contributed by atoms with van der Waals surface area (Å²) in [7, 11) is 2.27. The lowest BCUT2D eigenvalue weighted by Crippen LogP contribution is -2.52. The smallest absolute Gasteiger partial charge is 0.151 e. The molecule has 1 saturated heterocycles. The van der Waals surface area contributed by atoms with Crippen molar-refractivity contribution in [2.24, 2.45) is 11.8 Å². The van der Waals surface area contributed by atoms with Crippen molar-refractivity contribution in [2.45, 2.75) is 57.1 Å². The predicted octanol–water partition coefficient (Wildman–Crippen LogP) is 2.69. The first-order valence-corrected chi connectivity index (χ1v) is 9.89. The van der Waals surface area contributed by atoms with Gasteiger partial charge in [0.1, 0.15) is 12.8 Å². The van der Waals surface area contributed by atoms with Crippen LogP contribution in [-0.2, 0) is 4.74 Å². The summed E-state index contributed by atoms with van der Waals surface area (Å²) in [6, 6.07) is 0.697. The van der Waals surface area contributed by atoms with E-state index in [-0.39, 0.29) is 0 Å². The van der Waals surface area contributed by atoms with Crippen molar-refractivity contribution < 1.29 is 9.31 Å². The second-order valence-corrected chi connectivity index (χ2v) is 7.99. The molecule has 1 aliphatic carbocycles. The van der Waals surface area contributed by atoms with E-state index in [1.165, 1.54) is 51.5 Å². The fourth-order valence-electron chi connectivity index (χ4n) is 4.58. The molecule has 0 bridgehead atoms. The van der Waals surface area contributed by atoms with Crippen molar-refractivity contribution >= 4 is 18.8 Å². The number of fused-ring (bicyclic) bond motifs is 1. The summed E-state index contributed by atoms with van der Waals surface area (Å²) in [5, 5.41) is 0. The van der Waals surface area contributed by atoms with Crippen LogP contribution in [0.4, 0.5) is 0 Å². The Kier molecular flexibility index (Phi) is 6.23. The predicted molar refractivity (Wildman–Crippen MR) is 95.4 cm³/mol. The van der Waals surface area contributed by atoms with Gasteiger partial charge in [-0.1, -0.05) is 6.42 Å². The quantitative estimate of drug-likeness (QED) is 0.618. The number of nitrogens with zero attached hydrogens (tertiary/aromatic N) is 2. The minimum Gasteiger partial charge on any atom is -0.375 e. The van der Waals surface area contributed by atoms with Crippen LogP contribution in [0.15, 0.2) is 0 Å². The van der Waals surface area contributed by atoms with E-state index in [1.807, 2.05) is 0 Å². The summed E-state index contributed by atoms with van der Waals surface area (Å²) in [6.07, 6.45) is 12.5. The van der Waals surface area contributed by atoms with Crippen LogP contribution in [0, 0.1) is 11.8 Å². The Morgan fingerprint density at radius 3 is 2.86 bits per heavy atom. The van der Waals surface area contributed by atoms with Gasteiger partial charge < -0.3 is 4.74 Å². The van der Waals surface area contributed by atoms with Crippen LogP contribution in [-0.4, -0.2) is 66.9 Å². The molecule has 4 atom stereocenters. The molecule has 3 aliphatic rings. The summed E-state index contributed by atoms with van der Waals surface area (Å²) in [4.78, 5) is 2.52. The molecule has 3 nitrogen and oxygen atoms in total. The zero-order valence-electron chi connectivity index (χ0n) is 14.1. The molecule has 0 radical (unpaired) electrons. The van der Waals surface area contributed by atoms with Crippen LogP contribution in [0.5, 0.6) is 0 Å². The molecule has 0 aromatic heterocycles. The summed E-state index contributed by atoms with van der Waals surface area (Å²) >= 11 is 4.33. The summed E-state index contributed by atoms with van der Waals surface area (Å²) in [5.41, 5.74) is 0. The number of thiol groups is 1. The molecule has 0 N–H and O–H groups in total. The van der Waals surface area contributed by atoms with E-state index in [0.29, 0.717) is 12.1 Å². The second kappa shape index (κ2) is 8.16. The molecule has 4 heteroatoms. The fourth-order valence-corrected chi connectivity index (χ4v) is 4.83. The topological polar surface area (TPSA) is 15.5 Å². The maximum Gasteiger partial charge on any atom is 0.151 e. The Labute approximate surface area is 141 Å². The highest BCUT2D eigenvalue weighted by atomic mass is 32.1. The van der Waals surface area contributed by atoms with E-state index in [4.69, 9.17) is 4.74 Å². The monoisotopic (exact) mass is 325 g/mol. The molecule has 0 spiro atoms. The van der Waals surface area contributed by atoms with Crippen molar-refractivity contribution in [2.75, 3.05) is 39.0 Å². The lowest BCUT2D eigenvalue weighted by atomic mass is 9.78. The lowest BCUT2D eigenvalue weighted by Gasteiger charge is -2.44. The van der Waals surface area contributed by atoms with Gasteiger partial charge in [-0.15, -0.1) is 0 Å². The van der Waals surface area contributed by atoms with Gasteiger partial charge in [0.05, 0.1) is 12.7 Å².